The van der Waals surface area contributed by atoms with Crippen molar-refractivity contribution in [1.82, 2.24) is 15.6 Å². The fourth-order valence-electron chi connectivity index (χ4n) is 1.52. The van der Waals surface area contributed by atoms with Crippen LogP contribution in [0.4, 0.5) is 4.79 Å². The number of hydrogen-bond acceptors (Lipinski definition) is 3. The number of rotatable bonds is 5. The summed E-state index contributed by atoms with van der Waals surface area (Å²) >= 11 is 0. The molecule has 2 atom stereocenters. The highest BCUT2D eigenvalue weighted by Crippen LogP contribution is 2.10. The van der Waals surface area contributed by atoms with Crippen molar-refractivity contribution in [3.05, 3.63) is 30.1 Å². The number of urea groups is 1. The van der Waals surface area contributed by atoms with Crippen LogP contribution in [-0.2, 0) is 10.8 Å². The number of aromatic nitrogens is 1. The number of nitrogens with one attached hydrogen (secondary N) is 2. The largest absolute Gasteiger partial charge is 0.337 e. The van der Waals surface area contributed by atoms with Crippen LogP contribution < -0.4 is 10.6 Å². The Kier molecular flexibility index (Phi) is 6.13. The summed E-state index contributed by atoms with van der Waals surface area (Å²) < 4.78 is 11.6. The highest BCUT2D eigenvalue weighted by atomic mass is 32.2. The summed E-state index contributed by atoms with van der Waals surface area (Å²) in [6, 6.07) is 5.14. The lowest BCUT2D eigenvalue weighted by Gasteiger charge is -2.18. The standard InChI is InChI=1S/C14H23N3O2S/c1-11(12-7-5-6-8-15-12)17-13(18)16-9-10-20(19)14(2,3)4/h5-8,11H,9-10H2,1-4H3,(H2,16,17,18)/t11-,20+/m1/s1. The molecule has 2 amide bonds. The van der Waals surface area contributed by atoms with Gasteiger partial charge in [0, 0.05) is 34.0 Å². The number of amides is 2. The molecule has 5 nitrogen and oxygen atoms in total. The zero-order valence-corrected chi connectivity index (χ0v) is 13.3. The molecule has 20 heavy (non-hydrogen) atoms. The first kappa shape index (κ1) is 16.6. The molecule has 1 aromatic rings. The van der Waals surface area contributed by atoms with E-state index in [1.807, 2.05) is 45.9 Å². The molecule has 0 radical (unpaired) electrons. The van der Waals surface area contributed by atoms with Crippen molar-refractivity contribution in [3.8, 4) is 0 Å². The van der Waals surface area contributed by atoms with Crippen molar-refractivity contribution in [1.29, 1.82) is 0 Å². The van der Waals surface area contributed by atoms with Gasteiger partial charge in [-0.3, -0.25) is 9.19 Å². The van der Waals surface area contributed by atoms with E-state index in [4.69, 9.17) is 0 Å². The van der Waals surface area contributed by atoms with Gasteiger partial charge in [-0.2, -0.15) is 0 Å². The summed E-state index contributed by atoms with van der Waals surface area (Å²) in [5, 5.41) is 5.51. The van der Waals surface area contributed by atoms with Crippen LogP contribution in [0.15, 0.2) is 24.4 Å². The first-order valence-corrected chi connectivity index (χ1v) is 7.96. The van der Waals surface area contributed by atoms with Gasteiger partial charge in [0.1, 0.15) is 0 Å². The van der Waals surface area contributed by atoms with E-state index in [0.717, 1.165) is 5.69 Å². The summed E-state index contributed by atoms with van der Waals surface area (Å²) in [6.45, 7) is 8.03. The van der Waals surface area contributed by atoms with Crippen LogP contribution in [0.25, 0.3) is 0 Å². The predicted molar refractivity (Wildman–Crippen MR) is 81.9 cm³/mol. The Bertz CT molecular complexity index is 457. The molecule has 0 fully saturated rings. The van der Waals surface area contributed by atoms with E-state index in [9.17, 15) is 9.00 Å². The average Bonchev–Trinajstić information content (AvgIpc) is 2.38. The fraction of sp³-hybridized carbons (Fsp3) is 0.571. The van der Waals surface area contributed by atoms with Gasteiger partial charge in [-0.05, 0) is 39.8 Å². The van der Waals surface area contributed by atoms with Crippen LogP contribution in [0.1, 0.15) is 39.4 Å². The van der Waals surface area contributed by atoms with Crippen LogP contribution >= 0.6 is 0 Å². The second kappa shape index (κ2) is 7.38. The zero-order valence-electron chi connectivity index (χ0n) is 12.5. The molecule has 0 aliphatic heterocycles. The minimum atomic E-state index is -0.957. The molecular weight excluding hydrogens is 274 g/mol. The Labute approximate surface area is 123 Å². The van der Waals surface area contributed by atoms with Gasteiger partial charge in [-0.1, -0.05) is 6.07 Å². The number of hydrogen-bond donors (Lipinski definition) is 2. The third kappa shape index (κ3) is 5.69. The first-order valence-electron chi connectivity index (χ1n) is 6.64. The number of carbonyl (C=O) groups excluding carboxylic acids is 1. The Hall–Kier alpha value is -1.43. The monoisotopic (exact) mass is 297 g/mol. The maximum absolute atomic E-state index is 11.8. The first-order chi connectivity index (χ1) is 9.30. The summed E-state index contributed by atoms with van der Waals surface area (Å²) in [5.41, 5.74) is 0.806. The molecule has 0 saturated carbocycles. The van der Waals surface area contributed by atoms with Gasteiger partial charge in [0.15, 0.2) is 0 Å². The zero-order chi connectivity index (χ0) is 15.2. The molecule has 6 heteroatoms. The second-order valence-electron chi connectivity index (χ2n) is 5.54. The Morgan fingerprint density at radius 1 is 1.40 bits per heavy atom. The third-order valence-electron chi connectivity index (χ3n) is 2.74. The smallest absolute Gasteiger partial charge is 0.315 e. The van der Waals surface area contributed by atoms with Gasteiger partial charge in [-0.15, -0.1) is 0 Å². The van der Waals surface area contributed by atoms with Gasteiger partial charge < -0.3 is 10.6 Å². The molecule has 0 unspecified atom stereocenters. The van der Waals surface area contributed by atoms with E-state index in [0.29, 0.717) is 12.3 Å². The van der Waals surface area contributed by atoms with E-state index >= 15 is 0 Å². The molecule has 1 aromatic heterocycles. The van der Waals surface area contributed by atoms with Crippen LogP contribution in [0, 0.1) is 0 Å². The van der Waals surface area contributed by atoms with Crippen LogP contribution in [0.3, 0.4) is 0 Å². The van der Waals surface area contributed by atoms with E-state index in [-0.39, 0.29) is 16.8 Å². The van der Waals surface area contributed by atoms with Crippen LogP contribution in [0.5, 0.6) is 0 Å². The number of pyridine rings is 1. The van der Waals surface area contributed by atoms with E-state index in [1.54, 1.807) is 6.20 Å². The lowest BCUT2D eigenvalue weighted by atomic mass is 10.2. The molecule has 0 aliphatic rings. The van der Waals surface area contributed by atoms with Crippen molar-refractivity contribution < 1.29 is 9.00 Å². The SMILES string of the molecule is C[C@@H](NC(=O)NCC[S@](=O)C(C)(C)C)c1ccccn1. The molecule has 0 saturated heterocycles. The summed E-state index contributed by atoms with van der Waals surface area (Å²) in [6.07, 6.45) is 1.69. The molecule has 0 bridgehead atoms. The van der Waals surface area contributed by atoms with Gasteiger partial charge in [0.2, 0.25) is 0 Å². The Morgan fingerprint density at radius 2 is 2.10 bits per heavy atom. The van der Waals surface area contributed by atoms with E-state index in [1.165, 1.54) is 0 Å². The van der Waals surface area contributed by atoms with Crippen molar-refractivity contribution in [2.24, 2.45) is 0 Å². The van der Waals surface area contributed by atoms with Crippen molar-refractivity contribution in [3.63, 3.8) is 0 Å². The Balaban J connectivity index is 2.33. The molecule has 0 aliphatic carbocycles. The molecule has 1 heterocycles. The summed E-state index contributed by atoms with van der Waals surface area (Å²) in [5.74, 6) is 0.453. The summed E-state index contributed by atoms with van der Waals surface area (Å²) in [7, 11) is -0.957. The number of nitrogens with zero attached hydrogens (tertiary/aromatic N) is 1. The Morgan fingerprint density at radius 3 is 2.65 bits per heavy atom. The van der Waals surface area contributed by atoms with Gasteiger partial charge in [0.25, 0.3) is 0 Å². The predicted octanol–water partition coefficient (Wildman–Crippen LogP) is 1.99. The minimum absolute atomic E-state index is 0.163. The lowest BCUT2D eigenvalue weighted by molar-refractivity contribution is 0.238. The quantitative estimate of drug-likeness (QED) is 0.873. The molecule has 2 N–H and O–H groups in total. The highest BCUT2D eigenvalue weighted by molar-refractivity contribution is 7.86. The topological polar surface area (TPSA) is 71.1 Å². The van der Waals surface area contributed by atoms with Gasteiger partial charge in [-0.25, -0.2) is 4.79 Å². The number of carbonyl (C=O) groups is 1. The third-order valence-corrected chi connectivity index (χ3v) is 4.68. The van der Waals surface area contributed by atoms with Crippen molar-refractivity contribution in [2.45, 2.75) is 38.5 Å². The maximum atomic E-state index is 11.8. The van der Waals surface area contributed by atoms with Crippen LogP contribution in [0.2, 0.25) is 0 Å². The molecular formula is C14H23N3O2S. The highest BCUT2D eigenvalue weighted by Gasteiger charge is 2.19. The maximum Gasteiger partial charge on any atom is 0.315 e. The van der Waals surface area contributed by atoms with E-state index < -0.39 is 10.8 Å². The normalized spacial score (nSPS) is 14.4. The summed E-state index contributed by atoms with van der Waals surface area (Å²) in [4.78, 5) is 15.9. The minimum Gasteiger partial charge on any atom is -0.337 e. The lowest BCUT2D eigenvalue weighted by Crippen LogP contribution is -2.40. The molecule has 0 aromatic carbocycles. The molecule has 0 spiro atoms. The molecule has 112 valence electrons. The second-order valence-corrected chi connectivity index (χ2v) is 7.86. The van der Waals surface area contributed by atoms with Crippen LogP contribution in [-0.4, -0.2) is 32.3 Å². The van der Waals surface area contributed by atoms with Gasteiger partial charge >= 0.3 is 6.03 Å². The van der Waals surface area contributed by atoms with Crippen molar-refractivity contribution >= 4 is 16.8 Å². The average molecular weight is 297 g/mol. The fourth-order valence-corrected chi connectivity index (χ4v) is 2.42. The van der Waals surface area contributed by atoms with Gasteiger partial charge in [0.05, 0.1) is 11.7 Å². The molecule has 1 rings (SSSR count). The van der Waals surface area contributed by atoms with Crippen molar-refractivity contribution in [2.75, 3.05) is 12.3 Å². The van der Waals surface area contributed by atoms with E-state index in [2.05, 4.69) is 15.6 Å².